The highest BCUT2D eigenvalue weighted by Crippen LogP contribution is 2.36. The van der Waals surface area contributed by atoms with Gasteiger partial charge in [0.2, 0.25) is 0 Å². The van der Waals surface area contributed by atoms with Crippen molar-refractivity contribution < 1.29 is 9.90 Å². The number of hydrogen-bond acceptors (Lipinski definition) is 4. The fourth-order valence-electron chi connectivity index (χ4n) is 6.55. The van der Waals surface area contributed by atoms with Gasteiger partial charge in [-0.05, 0) is 67.5 Å². The molecule has 2 saturated heterocycles. The summed E-state index contributed by atoms with van der Waals surface area (Å²) in [5.41, 5.74) is 2.98. The zero-order valence-electron chi connectivity index (χ0n) is 20.7. The van der Waals surface area contributed by atoms with E-state index in [1.165, 1.54) is 37.7 Å². The Balaban J connectivity index is 1.42. The maximum Gasteiger partial charge on any atom is 0.251 e. The number of nitrogens with zero attached hydrogens (tertiary/aromatic N) is 2. The summed E-state index contributed by atoms with van der Waals surface area (Å²) in [6.45, 7) is 6.97. The summed E-state index contributed by atoms with van der Waals surface area (Å²) < 4.78 is 0. The maximum absolute atomic E-state index is 12.8. The molecule has 5 rings (SSSR count). The number of phenolic OH excluding ortho intramolecular Hbond substituents is 1. The minimum atomic E-state index is 0.0287. The lowest BCUT2D eigenvalue weighted by Crippen LogP contribution is -2.48. The van der Waals surface area contributed by atoms with Crippen LogP contribution in [-0.4, -0.2) is 58.6 Å². The van der Waals surface area contributed by atoms with Crippen molar-refractivity contribution in [1.82, 2.24) is 15.1 Å². The van der Waals surface area contributed by atoms with E-state index in [1.54, 1.807) is 6.07 Å². The Hall–Kier alpha value is -2.63. The summed E-state index contributed by atoms with van der Waals surface area (Å²) in [5.74, 6) is 0.322. The molecule has 5 nitrogen and oxygen atoms in total. The fraction of sp³-hybridized carbons (Fsp3) is 0.500. The van der Waals surface area contributed by atoms with Crippen LogP contribution < -0.4 is 5.32 Å². The number of phenols is 1. The van der Waals surface area contributed by atoms with Crippen LogP contribution >= 0.6 is 0 Å². The van der Waals surface area contributed by atoms with Crippen molar-refractivity contribution in [2.45, 2.75) is 75.5 Å². The van der Waals surface area contributed by atoms with Gasteiger partial charge in [0.1, 0.15) is 5.75 Å². The summed E-state index contributed by atoms with van der Waals surface area (Å²) in [5, 5.41) is 13.5. The second-order valence-corrected chi connectivity index (χ2v) is 10.6. The van der Waals surface area contributed by atoms with Gasteiger partial charge in [0.05, 0.1) is 6.04 Å². The maximum atomic E-state index is 12.8. The molecule has 3 fully saturated rings. The molecule has 3 aliphatic rings. The van der Waals surface area contributed by atoms with Crippen molar-refractivity contribution in [1.29, 1.82) is 0 Å². The van der Waals surface area contributed by atoms with Gasteiger partial charge in [-0.1, -0.05) is 49.6 Å². The fourth-order valence-corrected chi connectivity index (χ4v) is 6.55. The van der Waals surface area contributed by atoms with Crippen molar-refractivity contribution in [3.8, 4) is 5.75 Å². The van der Waals surface area contributed by atoms with Crippen LogP contribution in [0.1, 0.15) is 78.9 Å². The number of rotatable bonds is 7. The molecule has 0 aromatic heterocycles. The lowest BCUT2D eigenvalue weighted by Gasteiger charge is -2.41. The molecule has 1 aliphatic carbocycles. The molecule has 186 valence electrons. The highest BCUT2D eigenvalue weighted by molar-refractivity contribution is 5.94. The third kappa shape index (κ3) is 5.46. The average molecular weight is 474 g/mol. The topological polar surface area (TPSA) is 55.8 Å². The predicted octanol–water partition coefficient (Wildman–Crippen LogP) is 5.27. The largest absolute Gasteiger partial charge is 0.508 e. The van der Waals surface area contributed by atoms with Crippen LogP contribution in [0, 0.1) is 0 Å². The van der Waals surface area contributed by atoms with Gasteiger partial charge in [0.25, 0.3) is 5.91 Å². The van der Waals surface area contributed by atoms with Crippen molar-refractivity contribution in [3.63, 3.8) is 0 Å². The number of carbonyl (C=O) groups is 1. The third-order valence-corrected chi connectivity index (χ3v) is 8.28. The van der Waals surface area contributed by atoms with Gasteiger partial charge < -0.3 is 10.4 Å². The molecule has 2 aromatic carbocycles. The molecule has 5 heteroatoms. The van der Waals surface area contributed by atoms with Gasteiger partial charge in [-0.15, -0.1) is 6.58 Å². The Morgan fingerprint density at radius 3 is 2.51 bits per heavy atom. The second-order valence-electron chi connectivity index (χ2n) is 10.6. The number of hydrogen-bond donors (Lipinski definition) is 2. The predicted molar refractivity (Wildman–Crippen MR) is 141 cm³/mol. The smallest absolute Gasteiger partial charge is 0.251 e. The van der Waals surface area contributed by atoms with Gasteiger partial charge in [-0.25, -0.2) is 0 Å². The highest BCUT2D eigenvalue weighted by atomic mass is 16.3. The van der Waals surface area contributed by atoms with Crippen LogP contribution in [0.2, 0.25) is 0 Å². The molecule has 2 heterocycles. The van der Waals surface area contributed by atoms with Gasteiger partial charge in [0, 0.05) is 43.3 Å². The zero-order valence-corrected chi connectivity index (χ0v) is 20.7. The highest BCUT2D eigenvalue weighted by Gasteiger charge is 2.36. The number of amides is 1. The standard InChI is InChI=1S/C30H39N3O2/c1-2-18-33-26-10-6-11-27(33)21-32(19-17-26)29(24-7-5-12-28(34)20-24)22-13-15-23(16-14-22)30(35)31-25-8-3-4-9-25/h2,5,7,12-16,20,25-27,29,34H,1,3-4,6,8-11,17-19,21H2,(H,31,35). The third-order valence-electron chi connectivity index (χ3n) is 8.28. The zero-order chi connectivity index (χ0) is 24.2. The molecule has 0 spiro atoms. The summed E-state index contributed by atoms with van der Waals surface area (Å²) >= 11 is 0. The lowest BCUT2D eigenvalue weighted by molar-refractivity contribution is 0.0937. The van der Waals surface area contributed by atoms with Gasteiger partial charge in [-0.3, -0.25) is 14.6 Å². The molecule has 1 saturated carbocycles. The van der Waals surface area contributed by atoms with Crippen LogP contribution in [0.15, 0.2) is 61.2 Å². The summed E-state index contributed by atoms with van der Waals surface area (Å²) in [6, 6.07) is 17.3. The number of carbonyl (C=O) groups excluding carboxylic acids is 1. The normalized spacial score (nSPS) is 24.6. The van der Waals surface area contributed by atoms with E-state index in [0.29, 0.717) is 23.9 Å². The SMILES string of the molecule is C=CCN1C2CCCC1CN(C(c1ccc(C(=O)NC3CCCC3)cc1)c1cccc(O)c1)CC2. The van der Waals surface area contributed by atoms with Crippen LogP contribution in [0.3, 0.4) is 0 Å². The van der Waals surface area contributed by atoms with E-state index in [-0.39, 0.29) is 11.9 Å². The summed E-state index contributed by atoms with van der Waals surface area (Å²) in [6.07, 6.45) is 11.5. The minimum absolute atomic E-state index is 0.0287. The van der Waals surface area contributed by atoms with E-state index < -0.39 is 0 Å². The molecule has 1 amide bonds. The molecule has 35 heavy (non-hydrogen) atoms. The Bertz CT molecular complexity index is 1010. The first-order valence-electron chi connectivity index (χ1n) is 13.4. The Kier molecular flexibility index (Phi) is 7.54. The van der Waals surface area contributed by atoms with E-state index in [1.807, 2.05) is 30.3 Å². The molecule has 2 aromatic rings. The number of benzene rings is 2. The van der Waals surface area contributed by atoms with E-state index >= 15 is 0 Å². The molecule has 3 unspecified atom stereocenters. The molecule has 2 aliphatic heterocycles. The molecule has 0 radical (unpaired) electrons. The molecule has 3 atom stereocenters. The first-order chi connectivity index (χ1) is 17.1. The number of piperidine rings is 1. The van der Waals surface area contributed by atoms with Gasteiger partial charge in [0.15, 0.2) is 0 Å². The lowest BCUT2D eigenvalue weighted by atomic mass is 9.94. The summed E-state index contributed by atoms with van der Waals surface area (Å²) in [7, 11) is 0. The van der Waals surface area contributed by atoms with Gasteiger partial charge >= 0.3 is 0 Å². The Morgan fingerprint density at radius 1 is 1.00 bits per heavy atom. The monoisotopic (exact) mass is 473 g/mol. The van der Waals surface area contributed by atoms with E-state index in [0.717, 1.165) is 50.0 Å². The second kappa shape index (κ2) is 11.0. The first-order valence-corrected chi connectivity index (χ1v) is 13.4. The molecular formula is C30H39N3O2. The average Bonchev–Trinajstić information content (AvgIpc) is 3.35. The Morgan fingerprint density at radius 2 is 1.77 bits per heavy atom. The number of nitrogens with one attached hydrogen (secondary N) is 1. The van der Waals surface area contributed by atoms with Crippen LogP contribution in [0.5, 0.6) is 5.75 Å². The van der Waals surface area contributed by atoms with E-state index in [4.69, 9.17) is 0 Å². The minimum Gasteiger partial charge on any atom is -0.508 e. The van der Waals surface area contributed by atoms with Crippen molar-refractivity contribution in [3.05, 3.63) is 77.9 Å². The van der Waals surface area contributed by atoms with Crippen LogP contribution in [0.4, 0.5) is 0 Å². The molecule has 2 bridgehead atoms. The van der Waals surface area contributed by atoms with Crippen LogP contribution in [-0.2, 0) is 0 Å². The molecular weight excluding hydrogens is 434 g/mol. The Labute approximate surface area is 209 Å². The number of aromatic hydroxyl groups is 1. The number of fused-ring (bicyclic) bond motifs is 2. The van der Waals surface area contributed by atoms with Crippen molar-refractivity contribution in [2.75, 3.05) is 19.6 Å². The quantitative estimate of drug-likeness (QED) is 0.538. The van der Waals surface area contributed by atoms with Crippen molar-refractivity contribution >= 4 is 5.91 Å². The van der Waals surface area contributed by atoms with Gasteiger partial charge in [-0.2, -0.15) is 0 Å². The van der Waals surface area contributed by atoms with E-state index in [2.05, 4.69) is 39.9 Å². The summed E-state index contributed by atoms with van der Waals surface area (Å²) in [4.78, 5) is 18.0. The molecule has 2 N–H and O–H groups in total. The first kappa shape index (κ1) is 24.1. The van der Waals surface area contributed by atoms with Crippen molar-refractivity contribution in [2.24, 2.45) is 0 Å². The van der Waals surface area contributed by atoms with Crippen LogP contribution in [0.25, 0.3) is 0 Å². The van der Waals surface area contributed by atoms with E-state index in [9.17, 15) is 9.90 Å².